The summed E-state index contributed by atoms with van der Waals surface area (Å²) < 4.78 is 0. The number of aryl methyl sites for hydroxylation is 1. The second-order valence-electron chi connectivity index (χ2n) is 5.80. The molecule has 4 aromatic rings. The van der Waals surface area contributed by atoms with Crippen molar-refractivity contribution in [1.82, 2.24) is 9.97 Å². The van der Waals surface area contributed by atoms with E-state index in [-0.39, 0.29) is 5.91 Å². The molecule has 4 rings (SSSR count). The first-order valence-electron chi connectivity index (χ1n) is 8.00. The van der Waals surface area contributed by atoms with Crippen LogP contribution in [0, 0.1) is 6.92 Å². The van der Waals surface area contributed by atoms with Crippen LogP contribution in [0.1, 0.15) is 16.1 Å². The van der Waals surface area contributed by atoms with Gasteiger partial charge in [-0.25, -0.2) is 9.97 Å². The Labute approximate surface area is 159 Å². The summed E-state index contributed by atoms with van der Waals surface area (Å²) in [6.45, 7) is 1.89. The number of amides is 1. The van der Waals surface area contributed by atoms with Crippen molar-refractivity contribution in [2.45, 2.75) is 6.92 Å². The van der Waals surface area contributed by atoms with Crippen LogP contribution < -0.4 is 5.32 Å². The lowest BCUT2D eigenvalue weighted by molar-refractivity contribution is 0.102. The molecule has 0 spiro atoms. The molecule has 0 bridgehead atoms. The highest BCUT2D eigenvalue weighted by Crippen LogP contribution is 2.30. The number of nitrogens with zero attached hydrogens (tertiary/aromatic N) is 2. The molecule has 4 nitrogen and oxygen atoms in total. The monoisotopic (exact) mass is 379 g/mol. The number of hydrogen-bond acceptors (Lipinski definition) is 4. The highest BCUT2D eigenvalue weighted by molar-refractivity contribution is 7.13. The number of carbonyl (C=O) groups is 1. The molecule has 1 N–H and O–H groups in total. The zero-order valence-corrected chi connectivity index (χ0v) is 15.4. The minimum atomic E-state index is -0.216. The molecular formula is C20H14ClN3OS. The van der Waals surface area contributed by atoms with Crippen molar-refractivity contribution in [2.75, 3.05) is 5.32 Å². The average molecular weight is 380 g/mol. The highest BCUT2D eigenvalue weighted by atomic mass is 35.5. The fraction of sp³-hybridized carbons (Fsp3) is 0.0500. The summed E-state index contributed by atoms with van der Waals surface area (Å²) in [5, 5.41) is 6.73. The second kappa shape index (κ2) is 6.86. The summed E-state index contributed by atoms with van der Waals surface area (Å²) in [5.41, 5.74) is 3.61. The van der Waals surface area contributed by atoms with Crippen LogP contribution in [-0.4, -0.2) is 15.9 Å². The first kappa shape index (κ1) is 16.7. The quantitative estimate of drug-likeness (QED) is 0.506. The summed E-state index contributed by atoms with van der Waals surface area (Å²) in [6, 6.07) is 16.8. The molecule has 2 aromatic heterocycles. The molecule has 0 aliphatic rings. The smallest absolute Gasteiger partial charge is 0.258 e. The van der Waals surface area contributed by atoms with Crippen LogP contribution >= 0.6 is 22.9 Å². The predicted molar refractivity (Wildman–Crippen MR) is 107 cm³/mol. The summed E-state index contributed by atoms with van der Waals surface area (Å²) in [5.74, 6) is -0.216. The molecule has 0 atom stereocenters. The van der Waals surface area contributed by atoms with E-state index in [1.807, 2.05) is 60.8 Å². The summed E-state index contributed by atoms with van der Waals surface area (Å²) in [6.07, 6.45) is 0. The minimum Gasteiger partial charge on any atom is -0.298 e. The van der Waals surface area contributed by atoms with Gasteiger partial charge in [-0.1, -0.05) is 48.0 Å². The van der Waals surface area contributed by atoms with Gasteiger partial charge >= 0.3 is 0 Å². The Hall–Kier alpha value is -2.76. The molecule has 0 fully saturated rings. The summed E-state index contributed by atoms with van der Waals surface area (Å²) in [7, 11) is 0. The number of fused-ring (bicyclic) bond motifs is 1. The van der Waals surface area contributed by atoms with Crippen molar-refractivity contribution in [3.63, 3.8) is 0 Å². The largest absolute Gasteiger partial charge is 0.298 e. The van der Waals surface area contributed by atoms with Gasteiger partial charge in [-0.3, -0.25) is 10.1 Å². The van der Waals surface area contributed by atoms with Gasteiger partial charge in [0.15, 0.2) is 5.13 Å². The molecule has 128 valence electrons. The third-order valence-electron chi connectivity index (χ3n) is 3.95. The van der Waals surface area contributed by atoms with Crippen LogP contribution in [-0.2, 0) is 0 Å². The molecule has 26 heavy (non-hydrogen) atoms. The maximum atomic E-state index is 12.9. The van der Waals surface area contributed by atoms with Gasteiger partial charge < -0.3 is 0 Å². The second-order valence-corrected chi connectivity index (χ2v) is 7.07. The van der Waals surface area contributed by atoms with Gasteiger partial charge in [0.05, 0.1) is 22.5 Å². The van der Waals surface area contributed by atoms with Gasteiger partial charge in [0.1, 0.15) is 0 Å². The first-order chi connectivity index (χ1) is 12.6. The number of benzene rings is 2. The Balaban J connectivity index is 1.84. The predicted octanol–water partition coefficient (Wildman–Crippen LogP) is 5.57. The molecule has 0 aliphatic carbocycles. The maximum Gasteiger partial charge on any atom is 0.258 e. The van der Waals surface area contributed by atoms with Crippen molar-refractivity contribution in [3.8, 4) is 11.3 Å². The number of anilines is 1. The van der Waals surface area contributed by atoms with E-state index in [1.54, 1.807) is 6.07 Å². The Kier molecular flexibility index (Phi) is 4.41. The minimum absolute atomic E-state index is 0.216. The number of para-hydroxylation sites is 1. The molecule has 0 saturated heterocycles. The standard InChI is InChI=1S/C20H14ClN3OS/c1-12-11-26-20(22-12)24-19(25)15-10-18(14-7-2-4-8-16(14)21)23-17-9-5-3-6-13(15)17/h2-11H,1H3,(H,22,24,25). The van der Waals surface area contributed by atoms with E-state index in [4.69, 9.17) is 11.6 Å². The summed E-state index contributed by atoms with van der Waals surface area (Å²) >= 11 is 7.73. The lowest BCUT2D eigenvalue weighted by atomic mass is 10.0. The van der Waals surface area contributed by atoms with E-state index in [2.05, 4.69) is 15.3 Å². The highest BCUT2D eigenvalue weighted by Gasteiger charge is 2.16. The zero-order valence-electron chi connectivity index (χ0n) is 13.9. The van der Waals surface area contributed by atoms with Gasteiger partial charge in [-0.15, -0.1) is 11.3 Å². The number of halogens is 1. The van der Waals surface area contributed by atoms with Crippen molar-refractivity contribution in [2.24, 2.45) is 0 Å². The number of thiazole rings is 1. The molecule has 1 amide bonds. The Bertz CT molecular complexity index is 1120. The van der Waals surface area contributed by atoms with E-state index in [9.17, 15) is 4.79 Å². The van der Waals surface area contributed by atoms with Crippen LogP contribution in [0.2, 0.25) is 5.02 Å². The number of aromatic nitrogens is 2. The van der Waals surface area contributed by atoms with E-state index < -0.39 is 0 Å². The number of rotatable bonds is 3. The van der Waals surface area contributed by atoms with Crippen molar-refractivity contribution in [1.29, 1.82) is 0 Å². The third kappa shape index (κ3) is 3.19. The number of hydrogen-bond donors (Lipinski definition) is 1. The van der Waals surface area contributed by atoms with Gasteiger partial charge in [0.2, 0.25) is 0 Å². The normalized spacial score (nSPS) is 10.8. The lowest BCUT2D eigenvalue weighted by Crippen LogP contribution is -2.13. The first-order valence-corrected chi connectivity index (χ1v) is 9.26. The van der Waals surface area contributed by atoms with Gasteiger partial charge in [0, 0.05) is 21.4 Å². The van der Waals surface area contributed by atoms with Crippen LogP contribution in [0.4, 0.5) is 5.13 Å². The molecule has 0 unspecified atom stereocenters. The SMILES string of the molecule is Cc1csc(NC(=O)c2cc(-c3ccccc3Cl)nc3ccccc23)n1. The van der Waals surface area contributed by atoms with Crippen molar-refractivity contribution >= 4 is 44.9 Å². The molecule has 2 heterocycles. The van der Waals surface area contributed by atoms with E-state index >= 15 is 0 Å². The van der Waals surface area contributed by atoms with Crippen LogP contribution in [0.15, 0.2) is 60.0 Å². The van der Waals surface area contributed by atoms with Gasteiger partial charge in [-0.05, 0) is 25.1 Å². The third-order valence-corrected chi connectivity index (χ3v) is 5.16. The molecule has 0 saturated carbocycles. The Morgan fingerprint density at radius 2 is 1.85 bits per heavy atom. The summed E-state index contributed by atoms with van der Waals surface area (Å²) in [4.78, 5) is 21.9. The fourth-order valence-corrected chi connectivity index (χ4v) is 3.66. The average Bonchev–Trinajstić information content (AvgIpc) is 3.06. The van der Waals surface area contributed by atoms with Crippen molar-refractivity contribution < 1.29 is 4.79 Å². The zero-order chi connectivity index (χ0) is 18.1. The number of pyridine rings is 1. The maximum absolute atomic E-state index is 12.9. The molecule has 0 radical (unpaired) electrons. The lowest BCUT2D eigenvalue weighted by Gasteiger charge is -2.10. The Morgan fingerprint density at radius 3 is 2.62 bits per heavy atom. The fourth-order valence-electron chi connectivity index (χ4n) is 2.75. The number of nitrogens with one attached hydrogen (secondary N) is 1. The Morgan fingerprint density at radius 1 is 1.08 bits per heavy atom. The van der Waals surface area contributed by atoms with Crippen LogP contribution in [0.3, 0.4) is 0 Å². The van der Waals surface area contributed by atoms with Crippen LogP contribution in [0.5, 0.6) is 0 Å². The molecule has 2 aromatic carbocycles. The van der Waals surface area contributed by atoms with Gasteiger partial charge in [0.25, 0.3) is 5.91 Å². The molecular weight excluding hydrogens is 366 g/mol. The molecule has 0 aliphatic heterocycles. The van der Waals surface area contributed by atoms with E-state index in [1.165, 1.54) is 11.3 Å². The molecule has 6 heteroatoms. The van der Waals surface area contributed by atoms with Crippen LogP contribution in [0.25, 0.3) is 22.2 Å². The van der Waals surface area contributed by atoms with E-state index in [0.717, 1.165) is 22.2 Å². The number of carbonyl (C=O) groups excluding carboxylic acids is 1. The van der Waals surface area contributed by atoms with Gasteiger partial charge in [-0.2, -0.15) is 0 Å². The van der Waals surface area contributed by atoms with E-state index in [0.29, 0.717) is 21.4 Å². The topological polar surface area (TPSA) is 54.9 Å². The van der Waals surface area contributed by atoms with Crippen molar-refractivity contribution in [3.05, 3.63) is 76.3 Å².